The summed E-state index contributed by atoms with van der Waals surface area (Å²) in [7, 11) is 1.51. The van der Waals surface area contributed by atoms with E-state index in [0.29, 0.717) is 18.7 Å². The quantitative estimate of drug-likeness (QED) is 0.612. The predicted molar refractivity (Wildman–Crippen MR) is 64.8 cm³/mol. The monoisotopic (exact) mass is 238 g/mol. The Kier molecular flexibility index (Phi) is 5.29. The predicted octanol–water partition coefficient (Wildman–Crippen LogP) is 0.756. The van der Waals surface area contributed by atoms with Gasteiger partial charge in [-0.05, 0) is 30.7 Å². The molecule has 0 saturated heterocycles. The number of carbonyl (C=O) groups is 1. The smallest absolute Gasteiger partial charge is 0.217 e. The summed E-state index contributed by atoms with van der Waals surface area (Å²) in [5.41, 5.74) is 6.04. The number of nitrogens with two attached hydrogens (primary N) is 1. The maximum atomic E-state index is 10.5. The summed E-state index contributed by atoms with van der Waals surface area (Å²) in [6, 6.07) is 5.19. The van der Waals surface area contributed by atoms with Crippen LogP contribution in [0.1, 0.15) is 18.4 Å². The highest BCUT2D eigenvalue weighted by atomic mass is 16.5. The third-order valence-corrected chi connectivity index (χ3v) is 2.35. The molecule has 1 amide bonds. The molecule has 0 radical (unpaired) electrons. The summed E-state index contributed by atoms with van der Waals surface area (Å²) in [4.78, 5) is 10.5. The number of amides is 1. The van der Waals surface area contributed by atoms with E-state index >= 15 is 0 Å². The third kappa shape index (κ3) is 4.74. The molecule has 0 unspecified atom stereocenters. The normalized spacial score (nSPS) is 10.2. The number of phenolic OH excluding ortho intramolecular Hbond substituents is 1. The summed E-state index contributed by atoms with van der Waals surface area (Å²) < 4.78 is 5.01. The molecule has 1 aromatic rings. The lowest BCUT2D eigenvalue weighted by Gasteiger charge is -2.07. The van der Waals surface area contributed by atoms with Crippen molar-refractivity contribution >= 4 is 5.91 Å². The first-order valence-electron chi connectivity index (χ1n) is 5.48. The van der Waals surface area contributed by atoms with Crippen LogP contribution in [0.25, 0.3) is 0 Å². The van der Waals surface area contributed by atoms with Gasteiger partial charge in [-0.3, -0.25) is 4.79 Å². The average Bonchev–Trinajstić information content (AvgIpc) is 2.30. The average molecular weight is 238 g/mol. The van der Waals surface area contributed by atoms with Crippen molar-refractivity contribution in [2.75, 3.05) is 13.7 Å². The van der Waals surface area contributed by atoms with Crippen LogP contribution in [-0.4, -0.2) is 24.7 Å². The Labute approximate surface area is 101 Å². The minimum atomic E-state index is -0.280. The van der Waals surface area contributed by atoms with Crippen molar-refractivity contribution in [1.82, 2.24) is 5.32 Å². The molecule has 0 atom stereocenters. The second-order valence-corrected chi connectivity index (χ2v) is 3.75. The summed E-state index contributed by atoms with van der Waals surface area (Å²) in [6.07, 6.45) is 1.12. The minimum absolute atomic E-state index is 0.130. The van der Waals surface area contributed by atoms with E-state index in [9.17, 15) is 9.90 Å². The number of hydrogen-bond acceptors (Lipinski definition) is 4. The maximum Gasteiger partial charge on any atom is 0.217 e. The molecular weight excluding hydrogens is 220 g/mol. The van der Waals surface area contributed by atoms with Gasteiger partial charge in [0.2, 0.25) is 5.91 Å². The van der Waals surface area contributed by atoms with Crippen molar-refractivity contribution in [2.24, 2.45) is 5.73 Å². The minimum Gasteiger partial charge on any atom is -0.504 e. The molecule has 1 rings (SSSR count). The summed E-state index contributed by atoms with van der Waals surface area (Å²) in [5.74, 6) is 0.310. The number of benzene rings is 1. The molecule has 5 heteroatoms. The summed E-state index contributed by atoms with van der Waals surface area (Å²) >= 11 is 0. The Balaban J connectivity index is 2.34. The highest BCUT2D eigenvalue weighted by Crippen LogP contribution is 2.25. The number of hydrogen-bond donors (Lipinski definition) is 3. The Hall–Kier alpha value is -1.75. The largest absolute Gasteiger partial charge is 0.504 e. The number of carbonyl (C=O) groups excluding carboxylic acids is 1. The van der Waals surface area contributed by atoms with Crippen molar-refractivity contribution in [3.05, 3.63) is 23.8 Å². The first-order chi connectivity index (χ1) is 8.13. The van der Waals surface area contributed by atoms with Crippen molar-refractivity contribution < 1.29 is 14.6 Å². The molecule has 4 N–H and O–H groups in total. The van der Waals surface area contributed by atoms with E-state index in [1.54, 1.807) is 12.1 Å². The van der Waals surface area contributed by atoms with Crippen molar-refractivity contribution in [1.29, 1.82) is 0 Å². The molecule has 0 aromatic heterocycles. The number of primary amides is 1. The van der Waals surface area contributed by atoms with E-state index in [0.717, 1.165) is 18.5 Å². The molecule has 5 nitrogen and oxygen atoms in total. The molecule has 0 aliphatic heterocycles. The van der Waals surface area contributed by atoms with Crippen LogP contribution < -0.4 is 15.8 Å². The lowest BCUT2D eigenvalue weighted by molar-refractivity contribution is -0.118. The standard InChI is InChI=1S/C12H18N2O3/c1-17-11-7-9(4-5-10(11)15)8-14-6-2-3-12(13)16/h4-5,7,14-15H,2-3,6,8H2,1H3,(H2,13,16). The molecule has 0 aliphatic carbocycles. The van der Waals surface area contributed by atoms with Crippen LogP contribution in [0.5, 0.6) is 11.5 Å². The highest BCUT2D eigenvalue weighted by Gasteiger charge is 2.02. The first kappa shape index (κ1) is 13.3. The van der Waals surface area contributed by atoms with Gasteiger partial charge in [-0.2, -0.15) is 0 Å². The molecule has 94 valence electrons. The zero-order valence-electron chi connectivity index (χ0n) is 9.90. The second-order valence-electron chi connectivity index (χ2n) is 3.75. The number of rotatable bonds is 7. The van der Waals surface area contributed by atoms with Crippen LogP contribution in [0.4, 0.5) is 0 Å². The number of methoxy groups -OCH3 is 1. The van der Waals surface area contributed by atoms with Gasteiger partial charge >= 0.3 is 0 Å². The number of phenols is 1. The van der Waals surface area contributed by atoms with Gasteiger partial charge in [-0.1, -0.05) is 6.07 Å². The summed E-state index contributed by atoms with van der Waals surface area (Å²) in [6.45, 7) is 1.39. The van der Waals surface area contributed by atoms with Crippen LogP contribution in [0.3, 0.4) is 0 Å². The van der Waals surface area contributed by atoms with Gasteiger partial charge in [0.15, 0.2) is 11.5 Å². The van der Waals surface area contributed by atoms with E-state index in [2.05, 4.69) is 5.32 Å². The van der Waals surface area contributed by atoms with Crippen LogP contribution in [-0.2, 0) is 11.3 Å². The van der Waals surface area contributed by atoms with Crippen LogP contribution in [0.2, 0.25) is 0 Å². The van der Waals surface area contributed by atoms with Gasteiger partial charge < -0.3 is 20.9 Å². The van der Waals surface area contributed by atoms with E-state index in [1.165, 1.54) is 7.11 Å². The van der Waals surface area contributed by atoms with E-state index in [-0.39, 0.29) is 11.7 Å². The van der Waals surface area contributed by atoms with Gasteiger partial charge in [-0.25, -0.2) is 0 Å². The van der Waals surface area contributed by atoms with Gasteiger partial charge in [-0.15, -0.1) is 0 Å². The Morgan fingerprint density at radius 1 is 1.53 bits per heavy atom. The fraction of sp³-hybridized carbons (Fsp3) is 0.417. The number of aromatic hydroxyl groups is 1. The second kappa shape index (κ2) is 6.75. The Morgan fingerprint density at radius 3 is 2.94 bits per heavy atom. The molecule has 0 heterocycles. The molecule has 0 spiro atoms. The third-order valence-electron chi connectivity index (χ3n) is 2.35. The van der Waals surface area contributed by atoms with Crippen molar-refractivity contribution in [3.8, 4) is 11.5 Å². The van der Waals surface area contributed by atoms with E-state index in [1.807, 2.05) is 6.07 Å². The van der Waals surface area contributed by atoms with Gasteiger partial charge in [0.25, 0.3) is 0 Å². The van der Waals surface area contributed by atoms with Gasteiger partial charge in [0.05, 0.1) is 7.11 Å². The topological polar surface area (TPSA) is 84.6 Å². The molecule has 0 aliphatic rings. The van der Waals surface area contributed by atoms with Gasteiger partial charge in [0, 0.05) is 13.0 Å². The van der Waals surface area contributed by atoms with E-state index in [4.69, 9.17) is 10.5 Å². The number of ether oxygens (including phenoxy) is 1. The Morgan fingerprint density at radius 2 is 2.29 bits per heavy atom. The summed E-state index contributed by atoms with van der Waals surface area (Å²) in [5, 5.41) is 12.6. The molecule has 0 bridgehead atoms. The lowest BCUT2D eigenvalue weighted by atomic mass is 10.2. The van der Waals surface area contributed by atoms with Gasteiger partial charge in [0.1, 0.15) is 0 Å². The van der Waals surface area contributed by atoms with Crippen molar-refractivity contribution in [2.45, 2.75) is 19.4 Å². The molecule has 17 heavy (non-hydrogen) atoms. The fourth-order valence-corrected chi connectivity index (χ4v) is 1.45. The molecular formula is C12H18N2O3. The maximum absolute atomic E-state index is 10.5. The SMILES string of the molecule is COc1cc(CNCCCC(N)=O)ccc1O. The zero-order chi connectivity index (χ0) is 12.7. The first-order valence-corrected chi connectivity index (χ1v) is 5.48. The molecule has 0 saturated carbocycles. The Bertz CT molecular complexity index is 380. The van der Waals surface area contributed by atoms with E-state index < -0.39 is 0 Å². The highest BCUT2D eigenvalue weighted by molar-refractivity contribution is 5.73. The van der Waals surface area contributed by atoms with Crippen molar-refractivity contribution in [3.63, 3.8) is 0 Å². The van der Waals surface area contributed by atoms with Crippen LogP contribution >= 0.6 is 0 Å². The lowest BCUT2D eigenvalue weighted by Crippen LogP contribution is -2.18. The zero-order valence-corrected chi connectivity index (χ0v) is 9.90. The number of nitrogens with one attached hydrogen (secondary N) is 1. The molecule has 0 fully saturated rings. The van der Waals surface area contributed by atoms with Crippen LogP contribution in [0, 0.1) is 0 Å². The molecule has 1 aromatic carbocycles. The van der Waals surface area contributed by atoms with Crippen LogP contribution in [0.15, 0.2) is 18.2 Å². The fourth-order valence-electron chi connectivity index (χ4n) is 1.45.